The Kier molecular flexibility index (Phi) is 5.96. The van der Waals surface area contributed by atoms with E-state index in [1.807, 2.05) is 35.2 Å². The highest BCUT2D eigenvalue weighted by molar-refractivity contribution is 5.94. The first-order valence-corrected chi connectivity index (χ1v) is 8.76. The predicted octanol–water partition coefficient (Wildman–Crippen LogP) is 2.19. The predicted molar refractivity (Wildman–Crippen MR) is 97.5 cm³/mol. The van der Waals surface area contributed by atoms with Crippen molar-refractivity contribution in [3.8, 4) is 0 Å². The lowest BCUT2D eigenvalue weighted by Crippen LogP contribution is -2.47. The van der Waals surface area contributed by atoms with Gasteiger partial charge in [0.25, 0.3) is 11.8 Å². The minimum atomic E-state index is -0.618. The highest BCUT2D eigenvalue weighted by atomic mass is 16.5. The Labute approximate surface area is 153 Å². The van der Waals surface area contributed by atoms with Gasteiger partial charge in [0.2, 0.25) is 0 Å². The molecular formula is C20H23N3O3. The third kappa shape index (κ3) is 4.26. The first-order valence-electron chi connectivity index (χ1n) is 8.76. The maximum atomic E-state index is 12.6. The maximum Gasteiger partial charge on any atom is 0.253 e. The van der Waals surface area contributed by atoms with Crippen molar-refractivity contribution in [2.75, 3.05) is 20.2 Å². The van der Waals surface area contributed by atoms with Gasteiger partial charge in [0.05, 0.1) is 0 Å². The molecule has 1 saturated heterocycles. The smallest absolute Gasteiger partial charge is 0.253 e. The van der Waals surface area contributed by atoms with E-state index in [1.165, 1.54) is 7.11 Å². The molecule has 0 bridgehead atoms. The standard InChI is InChI=1S/C20H23N3O3/c1-26-18(15-5-3-2-4-6-15)19(24)22-17-9-13-23(14-10-17)20(25)16-7-11-21-12-8-16/h2-8,11-12,17-18H,9-10,13-14H2,1H3,(H,22,24)/t18-/m1/s1. The molecule has 2 heterocycles. The minimum absolute atomic E-state index is 0.0104. The summed E-state index contributed by atoms with van der Waals surface area (Å²) < 4.78 is 5.37. The molecule has 0 radical (unpaired) electrons. The zero-order valence-corrected chi connectivity index (χ0v) is 14.8. The van der Waals surface area contributed by atoms with E-state index < -0.39 is 6.10 Å². The van der Waals surface area contributed by atoms with Crippen molar-refractivity contribution in [2.45, 2.75) is 25.0 Å². The van der Waals surface area contributed by atoms with Gasteiger partial charge in [0.1, 0.15) is 0 Å². The summed E-state index contributed by atoms with van der Waals surface area (Å²) in [5.41, 5.74) is 1.48. The third-order valence-corrected chi connectivity index (χ3v) is 4.63. The second-order valence-electron chi connectivity index (χ2n) is 6.34. The van der Waals surface area contributed by atoms with Crippen LogP contribution in [-0.4, -0.2) is 47.9 Å². The Bertz CT molecular complexity index is 728. The fourth-order valence-corrected chi connectivity index (χ4v) is 3.20. The van der Waals surface area contributed by atoms with Crippen LogP contribution in [0, 0.1) is 0 Å². The highest BCUT2D eigenvalue weighted by Crippen LogP contribution is 2.19. The summed E-state index contributed by atoms with van der Waals surface area (Å²) in [6, 6.07) is 12.9. The molecule has 3 rings (SSSR count). The van der Waals surface area contributed by atoms with Crippen LogP contribution in [0.3, 0.4) is 0 Å². The second-order valence-corrected chi connectivity index (χ2v) is 6.34. The number of piperidine rings is 1. The van der Waals surface area contributed by atoms with Gasteiger partial charge in [-0.15, -0.1) is 0 Å². The Morgan fingerprint density at radius 1 is 1.12 bits per heavy atom. The molecule has 6 heteroatoms. The van der Waals surface area contributed by atoms with Crippen molar-refractivity contribution < 1.29 is 14.3 Å². The maximum absolute atomic E-state index is 12.6. The number of rotatable bonds is 5. The Morgan fingerprint density at radius 3 is 2.38 bits per heavy atom. The van der Waals surface area contributed by atoms with Crippen molar-refractivity contribution in [3.63, 3.8) is 0 Å². The number of hydrogen-bond acceptors (Lipinski definition) is 4. The van der Waals surface area contributed by atoms with Gasteiger partial charge in [0.15, 0.2) is 6.10 Å². The number of amides is 2. The van der Waals surface area contributed by atoms with E-state index in [2.05, 4.69) is 10.3 Å². The second kappa shape index (κ2) is 8.58. The van der Waals surface area contributed by atoms with Gasteiger partial charge >= 0.3 is 0 Å². The van der Waals surface area contributed by atoms with Crippen LogP contribution in [0.2, 0.25) is 0 Å². The molecule has 136 valence electrons. The van der Waals surface area contributed by atoms with Gasteiger partial charge in [-0.3, -0.25) is 14.6 Å². The number of methoxy groups -OCH3 is 1. The average molecular weight is 353 g/mol. The molecule has 1 aromatic carbocycles. The lowest BCUT2D eigenvalue weighted by atomic mass is 10.0. The largest absolute Gasteiger partial charge is 0.367 e. The van der Waals surface area contributed by atoms with E-state index in [0.717, 1.165) is 18.4 Å². The molecule has 0 aliphatic carbocycles. The molecule has 6 nitrogen and oxygen atoms in total. The van der Waals surface area contributed by atoms with Crippen LogP contribution >= 0.6 is 0 Å². The Hall–Kier alpha value is -2.73. The molecular weight excluding hydrogens is 330 g/mol. The van der Waals surface area contributed by atoms with E-state index in [4.69, 9.17) is 4.74 Å². The van der Waals surface area contributed by atoms with Gasteiger partial charge < -0.3 is 15.0 Å². The number of pyridine rings is 1. The highest BCUT2D eigenvalue weighted by Gasteiger charge is 2.27. The Morgan fingerprint density at radius 2 is 1.77 bits per heavy atom. The fraction of sp³-hybridized carbons (Fsp3) is 0.350. The van der Waals surface area contributed by atoms with Crippen molar-refractivity contribution in [2.24, 2.45) is 0 Å². The normalized spacial score (nSPS) is 16.1. The number of aromatic nitrogens is 1. The number of nitrogens with zero attached hydrogens (tertiary/aromatic N) is 2. The lowest BCUT2D eigenvalue weighted by Gasteiger charge is -2.33. The zero-order chi connectivity index (χ0) is 18.4. The molecule has 1 atom stereocenters. The average Bonchev–Trinajstić information content (AvgIpc) is 2.70. The van der Waals surface area contributed by atoms with Gasteiger partial charge in [-0.2, -0.15) is 0 Å². The lowest BCUT2D eigenvalue weighted by molar-refractivity contribution is -0.132. The molecule has 1 aliphatic rings. The van der Waals surface area contributed by atoms with Crippen LogP contribution in [-0.2, 0) is 9.53 Å². The van der Waals surface area contributed by atoms with Crippen LogP contribution in [0.15, 0.2) is 54.9 Å². The van der Waals surface area contributed by atoms with Crippen molar-refractivity contribution in [3.05, 3.63) is 66.0 Å². The molecule has 0 saturated carbocycles. The van der Waals surface area contributed by atoms with E-state index in [1.54, 1.807) is 24.5 Å². The van der Waals surface area contributed by atoms with Crippen molar-refractivity contribution in [1.82, 2.24) is 15.2 Å². The van der Waals surface area contributed by atoms with Crippen LogP contribution in [0.25, 0.3) is 0 Å². The quantitative estimate of drug-likeness (QED) is 0.894. The van der Waals surface area contributed by atoms with Crippen LogP contribution in [0.5, 0.6) is 0 Å². The first-order chi connectivity index (χ1) is 12.7. The summed E-state index contributed by atoms with van der Waals surface area (Å²) in [5, 5.41) is 3.06. The number of ether oxygens (including phenoxy) is 1. The van der Waals surface area contributed by atoms with E-state index in [9.17, 15) is 9.59 Å². The van der Waals surface area contributed by atoms with Crippen molar-refractivity contribution in [1.29, 1.82) is 0 Å². The summed E-state index contributed by atoms with van der Waals surface area (Å²) in [7, 11) is 1.53. The molecule has 1 aromatic heterocycles. The zero-order valence-electron chi connectivity index (χ0n) is 14.8. The van der Waals surface area contributed by atoms with Crippen molar-refractivity contribution >= 4 is 11.8 Å². The fourth-order valence-electron chi connectivity index (χ4n) is 3.20. The number of hydrogen-bond donors (Lipinski definition) is 1. The summed E-state index contributed by atoms with van der Waals surface area (Å²) in [6.45, 7) is 1.24. The summed E-state index contributed by atoms with van der Waals surface area (Å²) >= 11 is 0. The van der Waals surface area contributed by atoms with E-state index in [-0.39, 0.29) is 17.9 Å². The van der Waals surface area contributed by atoms with Gasteiger partial charge in [-0.25, -0.2) is 0 Å². The molecule has 1 N–H and O–H groups in total. The van der Waals surface area contributed by atoms with Crippen LogP contribution in [0.1, 0.15) is 34.9 Å². The topological polar surface area (TPSA) is 71.5 Å². The van der Waals surface area contributed by atoms with Crippen LogP contribution in [0.4, 0.5) is 0 Å². The number of carbonyl (C=O) groups is 2. The third-order valence-electron chi connectivity index (χ3n) is 4.63. The summed E-state index contributed by atoms with van der Waals surface area (Å²) in [6.07, 6.45) is 4.08. The summed E-state index contributed by atoms with van der Waals surface area (Å²) in [5.74, 6) is -0.131. The molecule has 2 amide bonds. The number of nitrogens with one attached hydrogen (secondary N) is 1. The molecule has 26 heavy (non-hydrogen) atoms. The first kappa shape index (κ1) is 18.1. The molecule has 0 unspecified atom stereocenters. The number of likely N-dealkylation sites (tertiary alicyclic amines) is 1. The van der Waals surface area contributed by atoms with Gasteiger partial charge in [-0.1, -0.05) is 30.3 Å². The van der Waals surface area contributed by atoms with E-state index in [0.29, 0.717) is 18.7 Å². The number of benzene rings is 1. The molecule has 2 aromatic rings. The van der Waals surface area contributed by atoms with Gasteiger partial charge in [0, 0.05) is 44.2 Å². The monoisotopic (exact) mass is 353 g/mol. The molecule has 1 fully saturated rings. The molecule has 1 aliphatic heterocycles. The Balaban J connectivity index is 1.53. The SMILES string of the molecule is CO[C@@H](C(=O)NC1CCN(C(=O)c2ccncc2)CC1)c1ccccc1. The minimum Gasteiger partial charge on any atom is -0.367 e. The van der Waals surface area contributed by atoms with Crippen LogP contribution < -0.4 is 5.32 Å². The number of carbonyl (C=O) groups excluding carboxylic acids is 2. The van der Waals surface area contributed by atoms with Gasteiger partial charge in [-0.05, 0) is 30.5 Å². The van der Waals surface area contributed by atoms with E-state index >= 15 is 0 Å². The molecule has 0 spiro atoms. The summed E-state index contributed by atoms with van der Waals surface area (Å²) in [4.78, 5) is 30.8.